The number of hydrogen-bond acceptors (Lipinski definition) is 3. The van der Waals surface area contributed by atoms with Gasteiger partial charge in [-0.25, -0.2) is 0 Å². The summed E-state index contributed by atoms with van der Waals surface area (Å²) in [6, 6.07) is 3.15. The molecule has 25 heavy (non-hydrogen) atoms. The van der Waals surface area contributed by atoms with Crippen LogP contribution >= 0.6 is 23.2 Å². The molecule has 0 aliphatic carbocycles. The first-order chi connectivity index (χ1) is 11.6. The van der Waals surface area contributed by atoms with E-state index in [0.717, 1.165) is 0 Å². The predicted molar refractivity (Wildman–Crippen MR) is 99.5 cm³/mol. The number of amides is 2. The Labute approximate surface area is 158 Å². The summed E-state index contributed by atoms with van der Waals surface area (Å²) in [7, 11) is 1.45. The quantitative estimate of drug-likeness (QED) is 0.859. The second kappa shape index (κ2) is 7.83. The van der Waals surface area contributed by atoms with E-state index in [0.29, 0.717) is 36.0 Å². The van der Waals surface area contributed by atoms with Crippen molar-refractivity contribution < 1.29 is 14.3 Å². The van der Waals surface area contributed by atoms with Crippen LogP contribution < -0.4 is 10.1 Å². The zero-order valence-corrected chi connectivity index (χ0v) is 16.5. The highest BCUT2D eigenvalue weighted by atomic mass is 35.5. The molecule has 1 aliphatic heterocycles. The molecule has 1 aliphatic rings. The smallest absolute Gasteiger partial charge is 0.256 e. The van der Waals surface area contributed by atoms with Gasteiger partial charge in [-0.05, 0) is 25.0 Å². The van der Waals surface area contributed by atoms with Crippen molar-refractivity contribution in [1.29, 1.82) is 0 Å². The topological polar surface area (TPSA) is 58.6 Å². The number of nitrogens with zero attached hydrogens (tertiary/aromatic N) is 1. The highest BCUT2D eigenvalue weighted by Gasteiger charge is 2.31. The third-order valence-electron chi connectivity index (χ3n) is 4.25. The number of hydrogen-bond donors (Lipinski definition) is 1. The van der Waals surface area contributed by atoms with Crippen LogP contribution in [0.1, 0.15) is 44.0 Å². The number of likely N-dealkylation sites (tertiary alicyclic amines) is 1. The minimum absolute atomic E-state index is 0.0173. The molecule has 0 aromatic heterocycles. The minimum atomic E-state index is -0.391. The third kappa shape index (κ3) is 4.59. The molecule has 1 fully saturated rings. The number of piperidine rings is 1. The molecule has 0 spiro atoms. The average molecular weight is 387 g/mol. The fourth-order valence-electron chi connectivity index (χ4n) is 2.90. The summed E-state index contributed by atoms with van der Waals surface area (Å²) < 4.78 is 5.22. The van der Waals surface area contributed by atoms with Crippen molar-refractivity contribution in [3.63, 3.8) is 0 Å². The number of carbonyl (C=O) groups is 2. The first kappa shape index (κ1) is 19.9. The van der Waals surface area contributed by atoms with Crippen LogP contribution in [0, 0.1) is 5.41 Å². The molecule has 1 aromatic carbocycles. The van der Waals surface area contributed by atoms with Gasteiger partial charge in [0.05, 0.1) is 17.2 Å². The molecular formula is C18H24Cl2N2O3. The molecule has 138 valence electrons. The number of nitrogens with one attached hydrogen (secondary N) is 1. The van der Waals surface area contributed by atoms with Crippen LogP contribution in [0.3, 0.4) is 0 Å². The molecule has 1 saturated heterocycles. The number of ether oxygens (including phenoxy) is 1. The van der Waals surface area contributed by atoms with E-state index in [9.17, 15) is 9.59 Å². The average Bonchev–Trinajstić information content (AvgIpc) is 2.55. The molecular weight excluding hydrogens is 363 g/mol. The molecule has 1 heterocycles. The summed E-state index contributed by atoms with van der Waals surface area (Å²) in [4.78, 5) is 26.8. The summed E-state index contributed by atoms with van der Waals surface area (Å²) in [5, 5.41) is 3.60. The molecule has 5 nitrogen and oxygen atoms in total. The Kier molecular flexibility index (Phi) is 6.22. The van der Waals surface area contributed by atoms with Crippen molar-refractivity contribution >= 4 is 35.0 Å². The molecule has 1 aromatic rings. The zero-order valence-electron chi connectivity index (χ0n) is 15.0. The van der Waals surface area contributed by atoms with Gasteiger partial charge in [0.25, 0.3) is 5.91 Å². The predicted octanol–water partition coefficient (Wildman–Crippen LogP) is 3.77. The Hall–Kier alpha value is -1.46. The lowest BCUT2D eigenvalue weighted by Crippen LogP contribution is -2.49. The second-order valence-electron chi connectivity index (χ2n) is 7.23. The Morgan fingerprint density at radius 1 is 1.16 bits per heavy atom. The number of halogens is 2. The number of carbonyl (C=O) groups excluding carboxylic acids is 2. The van der Waals surface area contributed by atoms with Crippen molar-refractivity contribution in [1.82, 2.24) is 10.2 Å². The highest BCUT2D eigenvalue weighted by Crippen LogP contribution is 2.34. The zero-order chi connectivity index (χ0) is 18.8. The van der Waals surface area contributed by atoms with Crippen LogP contribution in [-0.4, -0.2) is 43.0 Å². The van der Waals surface area contributed by atoms with Crippen LogP contribution in [0.5, 0.6) is 5.75 Å². The summed E-state index contributed by atoms with van der Waals surface area (Å²) >= 11 is 12.2. The Balaban J connectivity index is 2.02. The van der Waals surface area contributed by atoms with Gasteiger partial charge in [0.15, 0.2) is 5.75 Å². The van der Waals surface area contributed by atoms with E-state index in [-0.39, 0.29) is 29.2 Å². The maximum Gasteiger partial charge on any atom is 0.256 e. The first-order valence-corrected chi connectivity index (χ1v) is 9.03. The van der Waals surface area contributed by atoms with Crippen LogP contribution in [0.25, 0.3) is 0 Å². The largest absolute Gasteiger partial charge is 0.494 e. The molecule has 0 saturated carbocycles. The van der Waals surface area contributed by atoms with Gasteiger partial charge in [-0.1, -0.05) is 44.0 Å². The number of rotatable bonds is 3. The van der Waals surface area contributed by atoms with Crippen LogP contribution in [-0.2, 0) is 4.79 Å². The van der Waals surface area contributed by atoms with Crippen molar-refractivity contribution in [3.05, 3.63) is 27.7 Å². The SMILES string of the molecule is COc1c(Cl)ccc(Cl)c1C(=O)NC1CCN(C(=O)C(C)(C)C)CC1. The van der Waals surface area contributed by atoms with E-state index in [4.69, 9.17) is 27.9 Å². The van der Waals surface area contributed by atoms with Gasteiger partial charge < -0.3 is 15.0 Å². The van der Waals surface area contributed by atoms with E-state index in [1.807, 2.05) is 25.7 Å². The van der Waals surface area contributed by atoms with Crippen LogP contribution in [0.2, 0.25) is 10.0 Å². The van der Waals surface area contributed by atoms with E-state index < -0.39 is 5.41 Å². The lowest BCUT2D eigenvalue weighted by molar-refractivity contribution is -0.140. The van der Waals surface area contributed by atoms with Gasteiger partial charge in [-0.2, -0.15) is 0 Å². The summed E-state index contributed by atoms with van der Waals surface area (Å²) in [6.07, 6.45) is 1.40. The van der Waals surface area contributed by atoms with Crippen molar-refractivity contribution in [2.75, 3.05) is 20.2 Å². The van der Waals surface area contributed by atoms with Crippen LogP contribution in [0.4, 0.5) is 0 Å². The molecule has 0 unspecified atom stereocenters. The first-order valence-electron chi connectivity index (χ1n) is 8.27. The number of benzene rings is 1. The van der Waals surface area contributed by atoms with E-state index in [1.165, 1.54) is 7.11 Å². The molecule has 0 radical (unpaired) electrons. The maximum atomic E-state index is 12.6. The Morgan fingerprint density at radius 2 is 1.72 bits per heavy atom. The fourth-order valence-corrected chi connectivity index (χ4v) is 3.37. The standard InChI is InChI=1S/C18H24Cl2N2O3/c1-18(2,3)17(24)22-9-7-11(8-10-22)21-16(23)14-12(19)5-6-13(20)15(14)25-4/h5-6,11H,7-10H2,1-4H3,(H,21,23). The van der Waals surface area contributed by atoms with Crippen LogP contribution in [0.15, 0.2) is 12.1 Å². The monoisotopic (exact) mass is 386 g/mol. The molecule has 0 atom stereocenters. The van der Waals surface area contributed by atoms with Crippen molar-refractivity contribution in [2.24, 2.45) is 5.41 Å². The summed E-state index contributed by atoms with van der Waals surface area (Å²) in [6.45, 7) is 6.99. The molecule has 2 rings (SSSR count). The summed E-state index contributed by atoms with van der Waals surface area (Å²) in [5.74, 6) is 0.0915. The highest BCUT2D eigenvalue weighted by molar-refractivity contribution is 6.37. The molecule has 1 N–H and O–H groups in total. The molecule has 2 amide bonds. The van der Waals surface area contributed by atoms with E-state index in [2.05, 4.69) is 5.32 Å². The summed E-state index contributed by atoms with van der Waals surface area (Å²) in [5.41, 5.74) is -0.150. The third-order valence-corrected chi connectivity index (χ3v) is 4.86. The fraction of sp³-hybridized carbons (Fsp3) is 0.556. The van der Waals surface area contributed by atoms with Gasteiger partial charge >= 0.3 is 0 Å². The van der Waals surface area contributed by atoms with Gasteiger partial charge in [0.1, 0.15) is 5.56 Å². The minimum Gasteiger partial charge on any atom is -0.494 e. The second-order valence-corrected chi connectivity index (χ2v) is 8.04. The van der Waals surface area contributed by atoms with Crippen molar-refractivity contribution in [3.8, 4) is 5.75 Å². The van der Waals surface area contributed by atoms with Gasteiger partial charge in [-0.3, -0.25) is 9.59 Å². The normalized spacial score (nSPS) is 15.8. The van der Waals surface area contributed by atoms with Crippen molar-refractivity contribution in [2.45, 2.75) is 39.7 Å². The number of methoxy groups -OCH3 is 1. The van der Waals surface area contributed by atoms with E-state index >= 15 is 0 Å². The molecule has 0 bridgehead atoms. The lowest BCUT2D eigenvalue weighted by Gasteiger charge is -2.36. The van der Waals surface area contributed by atoms with Gasteiger partial charge in [0.2, 0.25) is 5.91 Å². The van der Waals surface area contributed by atoms with Gasteiger partial charge in [-0.15, -0.1) is 0 Å². The Bertz CT molecular complexity index is 663. The molecule has 7 heteroatoms. The maximum absolute atomic E-state index is 12.6. The lowest BCUT2D eigenvalue weighted by atomic mass is 9.93. The van der Waals surface area contributed by atoms with E-state index in [1.54, 1.807) is 12.1 Å². The Morgan fingerprint density at radius 3 is 2.24 bits per heavy atom. The van der Waals surface area contributed by atoms with Gasteiger partial charge in [0, 0.05) is 24.5 Å².